The molecule has 1 N–H and O–H groups in total. The molecule has 1 amide bonds. The minimum Gasteiger partial charge on any atom is -0.503 e. The Bertz CT molecular complexity index is 582. The molecule has 1 fully saturated rings. The van der Waals surface area contributed by atoms with E-state index in [0.717, 1.165) is 12.1 Å². The van der Waals surface area contributed by atoms with E-state index in [-0.39, 0.29) is 31.5 Å². The summed E-state index contributed by atoms with van der Waals surface area (Å²) in [4.78, 5) is 13.3. The lowest BCUT2D eigenvalue weighted by Gasteiger charge is -2.37. The summed E-state index contributed by atoms with van der Waals surface area (Å²) in [5, 5.41) is 9.09. The minimum absolute atomic E-state index is 0.0789. The SMILES string of the molecule is CC(C)(C)OC(=O)N1CCC(F)(c2cc(F)c(O)c(F)c2)CC1. The summed E-state index contributed by atoms with van der Waals surface area (Å²) < 4.78 is 47.0. The Hall–Kier alpha value is -1.92. The first-order chi connectivity index (χ1) is 10.5. The van der Waals surface area contributed by atoms with Crippen LogP contribution in [0.15, 0.2) is 12.1 Å². The highest BCUT2D eigenvalue weighted by Crippen LogP contribution is 2.39. The molecule has 4 nitrogen and oxygen atoms in total. The molecule has 0 aliphatic carbocycles. The number of hydrogen-bond donors (Lipinski definition) is 1. The average Bonchev–Trinajstić information content (AvgIpc) is 2.43. The second kappa shape index (κ2) is 5.94. The van der Waals surface area contributed by atoms with Crippen molar-refractivity contribution in [2.75, 3.05) is 13.1 Å². The Morgan fingerprint density at radius 1 is 1.22 bits per heavy atom. The Morgan fingerprint density at radius 2 is 1.70 bits per heavy atom. The lowest BCUT2D eigenvalue weighted by Crippen LogP contribution is -2.45. The number of ether oxygens (including phenoxy) is 1. The molecule has 2 rings (SSSR count). The molecule has 0 radical (unpaired) electrons. The number of aromatic hydroxyl groups is 1. The van der Waals surface area contributed by atoms with Gasteiger partial charge in [-0.1, -0.05) is 0 Å². The predicted molar refractivity (Wildman–Crippen MR) is 77.8 cm³/mol. The number of hydrogen-bond acceptors (Lipinski definition) is 3. The van der Waals surface area contributed by atoms with Gasteiger partial charge in [0.2, 0.25) is 0 Å². The van der Waals surface area contributed by atoms with Crippen molar-refractivity contribution in [3.05, 3.63) is 29.3 Å². The Balaban J connectivity index is 2.09. The van der Waals surface area contributed by atoms with E-state index in [1.54, 1.807) is 20.8 Å². The van der Waals surface area contributed by atoms with E-state index in [0.29, 0.717) is 0 Å². The van der Waals surface area contributed by atoms with Crippen LogP contribution >= 0.6 is 0 Å². The Morgan fingerprint density at radius 3 is 2.13 bits per heavy atom. The predicted octanol–water partition coefficient (Wildman–Crippen LogP) is 3.87. The van der Waals surface area contributed by atoms with Crippen LogP contribution in [-0.4, -0.2) is 34.8 Å². The van der Waals surface area contributed by atoms with Gasteiger partial charge in [-0.3, -0.25) is 0 Å². The molecule has 7 heteroatoms. The number of carbonyl (C=O) groups is 1. The van der Waals surface area contributed by atoms with Crippen molar-refractivity contribution >= 4 is 6.09 Å². The minimum atomic E-state index is -1.95. The topological polar surface area (TPSA) is 49.8 Å². The molecule has 1 heterocycles. The average molecular weight is 331 g/mol. The number of benzene rings is 1. The smallest absolute Gasteiger partial charge is 0.410 e. The zero-order chi connectivity index (χ0) is 17.4. The fourth-order valence-electron chi connectivity index (χ4n) is 2.48. The third kappa shape index (κ3) is 3.89. The van der Waals surface area contributed by atoms with E-state index >= 15 is 0 Å². The summed E-state index contributed by atoms with van der Waals surface area (Å²) in [6.45, 7) is 5.36. The first kappa shape index (κ1) is 17.4. The number of piperidine rings is 1. The number of rotatable bonds is 1. The van der Waals surface area contributed by atoms with Gasteiger partial charge in [0, 0.05) is 25.9 Å². The highest BCUT2D eigenvalue weighted by atomic mass is 19.1. The van der Waals surface area contributed by atoms with Gasteiger partial charge in [0.05, 0.1) is 0 Å². The van der Waals surface area contributed by atoms with Gasteiger partial charge in [0.25, 0.3) is 0 Å². The highest BCUT2D eigenvalue weighted by Gasteiger charge is 2.39. The van der Waals surface area contributed by atoms with E-state index < -0.39 is 34.7 Å². The van der Waals surface area contributed by atoms with Gasteiger partial charge in [-0.05, 0) is 38.5 Å². The van der Waals surface area contributed by atoms with Crippen LogP contribution in [0.2, 0.25) is 0 Å². The Kier molecular flexibility index (Phi) is 4.50. The maximum Gasteiger partial charge on any atom is 0.410 e. The van der Waals surface area contributed by atoms with Crippen molar-refractivity contribution < 1.29 is 27.8 Å². The van der Waals surface area contributed by atoms with Gasteiger partial charge in [-0.25, -0.2) is 18.0 Å². The van der Waals surface area contributed by atoms with Gasteiger partial charge < -0.3 is 14.7 Å². The summed E-state index contributed by atoms with van der Waals surface area (Å²) in [6.07, 6.45) is -0.742. The van der Waals surface area contributed by atoms with Crippen molar-refractivity contribution in [3.8, 4) is 5.75 Å². The summed E-state index contributed by atoms with van der Waals surface area (Å²) in [5.74, 6) is -3.53. The van der Waals surface area contributed by atoms with E-state index in [1.807, 2.05) is 0 Å². The molecule has 1 aromatic carbocycles. The van der Waals surface area contributed by atoms with E-state index in [1.165, 1.54) is 4.90 Å². The normalized spacial score (nSPS) is 17.9. The first-order valence-corrected chi connectivity index (χ1v) is 7.37. The van der Waals surface area contributed by atoms with Gasteiger partial charge >= 0.3 is 6.09 Å². The second-order valence-electron chi connectivity index (χ2n) is 6.72. The van der Waals surface area contributed by atoms with Crippen molar-refractivity contribution in [2.24, 2.45) is 0 Å². The third-order valence-corrected chi connectivity index (χ3v) is 3.74. The maximum absolute atomic E-state index is 15.0. The van der Waals surface area contributed by atoms with Gasteiger partial charge in [-0.15, -0.1) is 0 Å². The molecule has 0 atom stereocenters. The van der Waals surface area contributed by atoms with Gasteiger partial charge in [0.15, 0.2) is 17.4 Å². The van der Waals surface area contributed by atoms with Crippen molar-refractivity contribution in [3.63, 3.8) is 0 Å². The quantitative estimate of drug-likeness (QED) is 0.850. The van der Waals surface area contributed by atoms with Crippen LogP contribution in [0.5, 0.6) is 5.75 Å². The molecule has 0 bridgehead atoms. The van der Waals surface area contributed by atoms with E-state index in [2.05, 4.69) is 0 Å². The van der Waals surface area contributed by atoms with Crippen molar-refractivity contribution in [1.82, 2.24) is 4.90 Å². The number of phenolic OH excluding ortho intramolecular Hbond substituents is 1. The molecule has 0 spiro atoms. The summed E-state index contributed by atoms with van der Waals surface area (Å²) in [5.41, 5.74) is -2.77. The van der Waals surface area contributed by atoms with E-state index in [9.17, 15) is 18.0 Å². The van der Waals surface area contributed by atoms with Crippen LogP contribution in [0, 0.1) is 11.6 Å². The lowest BCUT2D eigenvalue weighted by molar-refractivity contribution is 0.00205. The molecule has 23 heavy (non-hydrogen) atoms. The summed E-state index contributed by atoms with van der Waals surface area (Å²) in [6, 6.07) is 1.59. The largest absolute Gasteiger partial charge is 0.503 e. The molecule has 1 aliphatic rings. The molecular formula is C16H20F3NO3. The molecular weight excluding hydrogens is 311 g/mol. The van der Waals surface area contributed by atoms with Crippen LogP contribution in [-0.2, 0) is 10.4 Å². The zero-order valence-electron chi connectivity index (χ0n) is 13.3. The second-order valence-corrected chi connectivity index (χ2v) is 6.72. The van der Waals surface area contributed by atoms with Crippen LogP contribution < -0.4 is 0 Å². The number of phenols is 1. The lowest BCUT2D eigenvalue weighted by atomic mass is 9.86. The number of nitrogens with zero attached hydrogens (tertiary/aromatic N) is 1. The number of amides is 1. The Labute approximate surface area is 132 Å². The fraction of sp³-hybridized carbons (Fsp3) is 0.562. The van der Waals surface area contributed by atoms with Crippen molar-refractivity contribution in [2.45, 2.75) is 44.9 Å². The summed E-state index contributed by atoms with van der Waals surface area (Å²) >= 11 is 0. The summed E-state index contributed by atoms with van der Waals surface area (Å²) in [7, 11) is 0. The number of carbonyl (C=O) groups excluding carboxylic acids is 1. The fourth-order valence-corrected chi connectivity index (χ4v) is 2.48. The third-order valence-electron chi connectivity index (χ3n) is 3.74. The molecule has 1 saturated heterocycles. The first-order valence-electron chi connectivity index (χ1n) is 7.37. The van der Waals surface area contributed by atoms with Gasteiger partial charge in [-0.2, -0.15) is 0 Å². The molecule has 0 saturated carbocycles. The maximum atomic E-state index is 15.0. The highest BCUT2D eigenvalue weighted by molar-refractivity contribution is 5.68. The molecule has 128 valence electrons. The molecule has 0 unspecified atom stereocenters. The van der Waals surface area contributed by atoms with Crippen LogP contribution in [0.3, 0.4) is 0 Å². The molecule has 0 aromatic heterocycles. The molecule has 1 aromatic rings. The monoisotopic (exact) mass is 331 g/mol. The number of alkyl halides is 1. The van der Waals surface area contributed by atoms with Crippen LogP contribution in [0.1, 0.15) is 39.2 Å². The van der Waals surface area contributed by atoms with Gasteiger partial charge in [0.1, 0.15) is 11.3 Å². The zero-order valence-corrected chi connectivity index (χ0v) is 13.3. The molecule has 1 aliphatic heterocycles. The number of likely N-dealkylation sites (tertiary alicyclic amines) is 1. The number of halogens is 3. The van der Waals surface area contributed by atoms with Crippen LogP contribution in [0.25, 0.3) is 0 Å². The van der Waals surface area contributed by atoms with E-state index in [4.69, 9.17) is 9.84 Å². The van der Waals surface area contributed by atoms with Crippen LogP contribution in [0.4, 0.5) is 18.0 Å². The standard InChI is InChI=1S/C16H20F3NO3/c1-15(2,3)23-14(22)20-6-4-16(19,5-7-20)10-8-11(17)13(21)12(18)9-10/h8-9,21H,4-7H2,1-3H3. The van der Waals surface area contributed by atoms with Crippen molar-refractivity contribution in [1.29, 1.82) is 0 Å².